The van der Waals surface area contributed by atoms with Crippen LogP contribution in [-0.2, 0) is 11.3 Å². The Labute approximate surface area is 128 Å². The highest BCUT2D eigenvalue weighted by molar-refractivity contribution is 5.55. The molecular formula is C17H20N2O3. The van der Waals surface area contributed by atoms with E-state index in [4.69, 9.17) is 9.15 Å². The van der Waals surface area contributed by atoms with Crippen molar-refractivity contribution in [2.24, 2.45) is 0 Å². The minimum absolute atomic E-state index is 0.134. The number of hydrogen-bond acceptors (Lipinski definition) is 4. The van der Waals surface area contributed by atoms with E-state index in [1.165, 1.54) is 10.3 Å². The molecular weight excluding hydrogens is 280 g/mol. The van der Waals surface area contributed by atoms with E-state index in [0.29, 0.717) is 17.5 Å². The van der Waals surface area contributed by atoms with E-state index < -0.39 is 0 Å². The zero-order valence-electron chi connectivity index (χ0n) is 12.7. The van der Waals surface area contributed by atoms with Crippen molar-refractivity contribution < 1.29 is 9.15 Å². The summed E-state index contributed by atoms with van der Waals surface area (Å²) >= 11 is 0. The van der Waals surface area contributed by atoms with Crippen LogP contribution in [0.1, 0.15) is 12.5 Å². The first kappa shape index (κ1) is 14.7. The lowest BCUT2D eigenvalue weighted by molar-refractivity contribution is 0.122. The van der Waals surface area contributed by atoms with Crippen LogP contribution >= 0.6 is 0 Å². The average molecular weight is 300 g/mol. The van der Waals surface area contributed by atoms with E-state index >= 15 is 0 Å². The van der Waals surface area contributed by atoms with Gasteiger partial charge in [-0.15, -0.1) is 0 Å². The average Bonchev–Trinajstić information content (AvgIpc) is 2.82. The Morgan fingerprint density at radius 1 is 1.23 bits per heavy atom. The second-order valence-corrected chi connectivity index (χ2v) is 5.24. The summed E-state index contributed by atoms with van der Waals surface area (Å²) in [5, 5.41) is 0. The first-order valence-corrected chi connectivity index (χ1v) is 7.52. The maximum Gasteiger partial charge on any atom is 0.296 e. The van der Waals surface area contributed by atoms with Gasteiger partial charge >= 0.3 is 0 Å². The lowest BCUT2D eigenvalue weighted by Gasteiger charge is -2.28. The Kier molecular flexibility index (Phi) is 4.15. The molecule has 0 unspecified atom stereocenters. The quantitative estimate of drug-likeness (QED) is 0.830. The van der Waals surface area contributed by atoms with Crippen LogP contribution in [0.15, 0.2) is 33.5 Å². The van der Waals surface area contributed by atoms with Crippen molar-refractivity contribution in [1.82, 2.24) is 4.57 Å². The van der Waals surface area contributed by atoms with E-state index in [9.17, 15) is 4.79 Å². The van der Waals surface area contributed by atoms with Crippen LogP contribution in [0.5, 0.6) is 0 Å². The molecule has 0 radical (unpaired) electrons. The molecule has 5 heteroatoms. The molecule has 0 N–H and O–H groups in total. The van der Waals surface area contributed by atoms with Gasteiger partial charge in [0, 0.05) is 25.3 Å². The Balaban J connectivity index is 1.89. The number of rotatable bonds is 3. The largest absolute Gasteiger partial charge is 0.436 e. The second-order valence-electron chi connectivity index (χ2n) is 5.24. The van der Waals surface area contributed by atoms with Gasteiger partial charge < -0.3 is 14.1 Å². The Bertz CT molecular complexity index is 796. The van der Waals surface area contributed by atoms with Gasteiger partial charge in [-0.05, 0) is 37.3 Å². The fraction of sp³-hybridized carbons (Fsp3) is 0.353. The molecule has 0 spiro atoms. The van der Waals surface area contributed by atoms with Crippen LogP contribution in [0.2, 0.25) is 0 Å². The fourth-order valence-corrected chi connectivity index (χ4v) is 2.64. The smallest absolute Gasteiger partial charge is 0.296 e. The summed E-state index contributed by atoms with van der Waals surface area (Å²) in [5.74, 6) is 0. The lowest BCUT2D eigenvalue weighted by atomic mass is 10.2. The molecule has 1 aromatic carbocycles. The van der Waals surface area contributed by atoms with E-state index in [1.54, 1.807) is 6.08 Å². The normalized spacial score (nSPS) is 16.2. The SMILES string of the molecule is C=c1o/c(=C/c2ccc(N3CCOCC3)cc2)c(=O)n1CC. The predicted molar refractivity (Wildman–Crippen MR) is 86.5 cm³/mol. The number of aromatic nitrogens is 1. The molecule has 1 aliphatic rings. The van der Waals surface area contributed by atoms with Gasteiger partial charge in [0.05, 0.1) is 13.2 Å². The van der Waals surface area contributed by atoms with Crippen LogP contribution in [0.25, 0.3) is 12.7 Å². The first-order chi connectivity index (χ1) is 10.7. The molecule has 0 aliphatic carbocycles. The summed E-state index contributed by atoms with van der Waals surface area (Å²) in [6, 6.07) is 8.10. The van der Waals surface area contributed by atoms with Crippen molar-refractivity contribution in [3.8, 4) is 0 Å². The highest BCUT2D eigenvalue weighted by Gasteiger charge is 2.10. The summed E-state index contributed by atoms with van der Waals surface area (Å²) in [6.45, 7) is 9.56. The predicted octanol–water partition coefficient (Wildman–Crippen LogP) is 0.537. The van der Waals surface area contributed by atoms with Crippen molar-refractivity contribution >= 4 is 18.3 Å². The van der Waals surface area contributed by atoms with Crippen LogP contribution in [0.4, 0.5) is 5.69 Å². The van der Waals surface area contributed by atoms with Crippen molar-refractivity contribution in [1.29, 1.82) is 0 Å². The standard InChI is InChI=1S/C17H20N2O3/c1-3-19-13(2)22-16(17(19)20)12-14-4-6-15(7-5-14)18-8-10-21-11-9-18/h4-7,12H,2-3,8-11H2,1H3/b16-12+. The Morgan fingerprint density at radius 2 is 1.91 bits per heavy atom. The van der Waals surface area contributed by atoms with Gasteiger partial charge in [-0.25, -0.2) is 0 Å². The van der Waals surface area contributed by atoms with Crippen LogP contribution in [-0.4, -0.2) is 30.9 Å². The Hall–Kier alpha value is -2.27. The van der Waals surface area contributed by atoms with E-state index in [-0.39, 0.29) is 5.56 Å². The van der Waals surface area contributed by atoms with E-state index in [2.05, 4.69) is 23.6 Å². The highest BCUT2D eigenvalue weighted by atomic mass is 16.5. The maximum absolute atomic E-state index is 12.1. The van der Waals surface area contributed by atoms with Crippen LogP contribution in [0.3, 0.4) is 0 Å². The van der Waals surface area contributed by atoms with Gasteiger partial charge in [0.15, 0.2) is 11.0 Å². The van der Waals surface area contributed by atoms with Gasteiger partial charge in [-0.2, -0.15) is 0 Å². The molecule has 1 aliphatic heterocycles. The van der Waals surface area contributed by atoms with Gasteiger partial charge in [-0.3, -0.25) is 9.36 Å². The molecule has 116 valence electrons. The molecule has 5 nitrogen and oxygen atoms in total. The van der Waals surface area contributed by atoms with Crippen molar-refractivity contribution in [3.63, 3.8) is 0 Å². The summed E-state index contributed by atoms with van der Waals surface area (Å²) < 4.78 is 12.3. The Morgan fingerprint density at radius 3 is 2.50 bits per heavy atom. The van der Waals surface area contributed by atoms with E-state index in [0.717, 1.165) is 31.9 Å². The number of oxazole rings is 1. The molecule has 0 saturated carbocycles. The number of ether oxygens (including phenoxy) is 1. The van der Waals surface area contributed by atoms with Crippen LogP contribution < -0.4 is 21.4 Å². The minimum Gasteiger partial charge on any atom is -0.436 e. The molecule has 22 heavy (non-hydrogen) atoms. The third-order valence-corrected chi connectivity index (χ3v) is 3.87. The summed E-state index contributed by atoms with van der Waals surface area (Å²) in [6.07, 6.45) is 1.76. The first-order valence-electron chi connectivity index (χ1n) is 7.52. The molecule has 0 amide bonds. The zero-order chi connectivity index (χ0) is 15.5. The summed E-state index contributed by atoms with van der Waals surface area (Å²) in [7, 11) is 0. The van der Waals surface area contributed by atoms with E-state index in [1.807, 2.05) is 19.1 Å². The zero-order valence-corrected chi connectivity index (χ0v) is 12.7. The minimum atomic E-state index is -0.134. The van der Waals surface area contributed by atoms with Gasteiger partial charge in [0.2, 0.25) is 0 Å². The number of anilines is 1. The molecule has 0 bridgehead atoms. The molecule has 1 saturated heterocycles. The monoisotopic (exact) mass is 300 g/mol. The number of morpholine rings is 1. The molecule has 1 aromatic heterocycles. The maximum atomic E-state index is 12.1. The molecule has 3 rings (SSSR count). The molecule has 0 atom stereocenters. The van der Waals surface area contributed by atoms with Gasteiger partial charge in [0.25, 0.3) is 5.56 Å². The van der Waals surface area contributed by atoms with Crippen molar-refractivity contribution in [2.75, 3.05) is 31.2 Å². The second kappa shape index (κ2) is 6.23. The third-order valence-electron chi connectivity index (χ3n) is 3.87. The number of nitrogens with zero attached hydrogens (tertiary/aromatic N) is 2. The lowest BCUT2D eigenvalue weighted by Crippen LogP contribution is -2.36. The number of hydrogen-bond donors (Lipinski definition) is 0. The molecule has 2 heterocycles. The molecule has 2 aromatic rings. The topological polar surface area (TPSA) is 47.6 Å². The summed E-state index contributed by atoms with van der Waals surface area (Å²) in [5.41, 5.74) is 2.69. The van der Waals surface area contributed by atoms with Crippen LogP contribution in [0, 0.1) is 0 Å². The summed E-state index contributed by atoms with van der Waals surface area (Å²) in [4.78, 5) is 14.4. The highest BCUT2D eigenvalue weighted by Crippen LogP contribution is 2.16. The van der Waals surface area contributed by atoms with Crippen molar-refractivity contribution in [3.05, 3.63) is 51.1 Å². The van der Waals surface area contributed by atoms with Gasteiger partial charge in [0.1, 0.15) is 0 Å². The van der Waals surface area contributed by atoms with Crippen molar-refractivity contribution in [2.45, 2.75) is 13.5 Å². The third kappa shape index (κ3) is 2.85. The number of benzene rings is 1. The fourth-order valence-electron chi connectivity index (χ4n) is 2.64. The van der Waals surface area contributed by atoms with Gasteiger partial charge in [-0.1, -0.05) is 12.1 Å². The molecule has 1 fully saturated rings.